The molecule has 3 heteroatoms. The number of hydrogen-bond acceptors (Lipinski definition) is 3. The van der Waals surface area contributed by atoms with Gasteiger partial charge in [-0.2, -0.15) is 0 Å². The molecule has 0 radical (unpaired) electrons. The molecule has 1 atom stereocenters. The van der Waals surface area contributed by atoms with Crippen LogP contribution in [-0.4, -0.2) is 24.0 Å². The maximum absolute atomic E-state index is 3.55. The van der Waals surface area contributed by atoms with Gasteiger partial charge in [0.2, 0.25) is 0 Å². The molecule has 1 aliphatic carbocycles. The Kier molecular flexibility index (Phi) is 3.25. The third kappa shape index (κ3) is 2.48. The molecule has 0 amide bonds. The molecule has 1 aromatic carbocycles. The van der Waals surface area contributed by atoms with Gasteiger partial charge in [0.15, 0.2) is 0 Å². The van der Waals surface area contributed by atoms with Crippen molar-refractivity contribution in [1.29, 1.82) is 0 Å². The zero-order chi connectivity index (χ0) is 13.4. The minimum atomic E-state index is 0.645. The van der Waals surface area contributed by atoms with Crippen molar-refractivity contribution in [2.45, 2.75) is 31.3 Å². The molecule has 20 heavy (non-hydrogen) atoms. The second-order valence-corrected chi connectivity index (χ2v) is 6.94. The largest absolute Gasteiger partial charge is 0.384 e. The summed E-state index contributed by atoms with van der Waals surface area (Å²) in [5, 5.41) is 5.74. The first kappa shape index (κ1) is 12.4. The van der Waals surface area contributed by atoms with Crippen LogP contribution in [0.1, 0.15) is 29.2 Å². The number of thiophene rings is 1. The van der Waals surface area contributed by atoms with Crippen molar-refractivity contribution in [3.05, 3.63) is 52.2 Å². The average molecular weight is 284 g/mol. The number of anilines is 1. The first-order valence-corrected chi connectivity index (χ1v) is 8.37. The van der Waals surface area contributed by atoms with Crippen molar-refractivity contribution >= 4 is 17.0 Å². The summed E-state index contributed by atoms with van der Waals surface area (Å²) < 4.78 is 0. The van der Waals surface area contributed by atoms with Gasteiger partial charge in [0, 0.05) is 42.2 Å². The zero-order valence-electron chi connectivity index (χ0n) is 11.6. The molecule has 0 spiro atoms. The van der Waals surface area contributed by atoms with Crippen LogP contribution < -0.4 is 5.32 Å². The Morgan fingerprint density at radius 2 is 2.05 bits per heavy atom. The fraction of sp³-hybridized carbons (Fsp3) is 0.412. The van der Waals surface area contributed by atoms with E-state index in [0.29, 0.717) is 5.92 Å². The Bertz CT molecular complexity index is 574. The summed E-state index contributed by atoms with van der Waals surface area (Å²) in [4.78, 5) is 4.19. The maximum Gasteiger partial charge on any atom is 0.0376 e. The lowest BCUT2D eigenvalue weighted by Crippen LogP contribution is -2.30. The van der Waals surface area contributed by atoms with E-state index < -0.39 is 0 Å². The second-order valence-electron chi connectivity index (χ2n) is 5.91. The van der Waals surface area contributed by atoms with Crippen LogP contribution in [-0.2, 0) is 6.54 Å². The number of benzene rings is 1. The van der Waals surface area contributed by atoms with Gasteiger partial charge < -0.3 is 5.32 Å². The molecular formula is C17H20N2S. The lowest BCUT2D eigenvalue weighted by atomic mass is 10.0. The minimum absolute atomic E-state index is 0.645. The van der Waals surface area contributed by atoms with E-state index in [2.05, 4.69) is 52.0 Å². The van der Waals surface area contributed by atoms with Crippen LogP contribution in [0.2, 0.25) is 0 Å². The molecular weight excluding hydrogens is 264 g/mol. The molecule has 1 fully saturated rings. The summed E-state index contributed by atoms with van der Waals surface area (Å²) in [6, 6.07) is 14.0. The molecule has 0 saturated heterocycles. The minimum Gasteiger partial charge on any atom is -0.384 e. The molecule has 4 rings (SSSR count). The average Bonchev–Trinajstić information content (AvgIpc) is 3.05. The first-order valence-electron chi connectivity index (χ1n) is 7.49. The van der Waals surface area contributed by atoms with E-state index in [1.165, 1.54) is 35.5 Å². The van der Waals surface area contributed by atoms with E-state index in [9.17, 15) is 0 Å². The quantitative estimate of drug-likeness (QED) is 0.895. The lowest BCUT2D eigenvalue weighted by Gasteiger charge is -2.25. The predicted molar refractivity (Wildman–Crippen MR) is 85.4 cm³/mol. The smallest absolute Gasteiger partial charge is 0.0376 e. The molecule has 1 aromatic heterocycles. The van der Waals surface area contributed by atoms with Gasteiger partial charge in [-0.25, -0.2) is 0 Å². The van der Waals surface area contributed by atoms with Crippen LogP contribution in [0.15, 0.2) is 41.8 Å². The van der Waals surface area contributed by atoms with E-state index in [4.69, 9.17) is 0 Å². The summed E-state index contributed by atoms with van der Waals surface area (Å²) >= 11 is 1.88. The molecule has 104 valence electrons. The predicted octanol–water partition coefficient (Wildman–Crippen LogP) is 3.92. The standard InChI is InChI=1S/C17H20N2S/c1-2-6-17-16(5-1)13(10-18-17)11-19(14-7-8-14)12-15-4-3-9-20-15/h1-6,9,13-14,18H,7-8,10-12H2. The monoisotopic (exact) mass is 284 g/mol. The van der Waals surface area contributed by atoms with Crippen molar-refractivity contribution in [3.8, 4) is 0 Å². The third-order valence-electron chi connectivity index (χ3n) is 4.40. The Balaban J connectivity index is 1.49. The SMILES string of the molecule is c1csc(CN(CC2CNc3ccccc32)C2CC2)c1. The van der Waals surface area contributed by atoms with Crippen LogP contribution in [0.3, 0.4) is 0 Å². The molecule has 2 aliphatic rings. The molecule has 1 unspecified atom stereocenters. The summed E-state index contributed by atoms with van der Waals surface area (Å²) in [6.45, 7) is 3.40. The lowest BCUT2D eigenvalue weighted by molar-refractivity contribution is 0.244. The molecule has 1 saturated carbocycles. The number of hydrogen-bond donors (Lipinski definition) is 1. The summed E-state index contributed by atoms with van der Waals surface area (Å²) in [5.74, 6) is 0.645. The normalized spacial score (nSPS) is 20.9. The van der Waals surface area contributed by atoms with Gasteiger partial charge >= 0.3 is 0 Å². The third-order valence-corrected chi connectivity index (χ3v) is 5.26. The van der Waals surface area contributed by atoms with Gasteiger partial charge in [-0.3, -0.25) is 4.90 Å². The van der Waals surface area contributed by atoms with Gasteiger partial charge in [0.05, 0.1) is 0 Å². The van der Waals surface area contributed by atoms with E-state index in [1.807, 2.05) is 11.3 Å². The molecule has 1 N–H and O–H groups in total. The van der Waals surface area contributed by atoms with Gasteiger partial charge in [0.25, 0.3) is 0 Å². The number of rotatable bonds is 5. The highest BCUT2D eigenvalue weighted by molar-refractivity contribution is 7.09. The van der Waals surface area contributed by atoms with Crippen molar-refractivity contribution in [2.24, 2.45) is 0 Å². The number of fused-ring (bicyclic) bond motifs is 1. The highest BCUT2D eigenvalue weighted by Crippen LogP contribution is 2.35. The Hall–Kier alpha value is -1.32. The van der Waals surface area contributed by atoms with Gasteiger partial charge in [-0.15, -0.1) is 11.3 Å². The zero-order valence-corrected chi connectivity index (χ0v) is 12.4. The Labute approximate surface area is 124 Å². The van der Waals surface area contributed by atoms with E-state index in [0.717, 1.165) is 19.1 Å². The van der Waals surface area contributed by atoms with Crippen molar-refractivity contribution in [3.63, 3.8) is 0 Å². The highest BCUT2D eigenvalue weighted by Gasteiger charge is 2.32. The Morgan fingerprint density at radius 1 is 1.15 bits per heavy atom. The Morgan fingerprint density at radius 3 is 2.85 bits per heavy atom. The number of nitrogens with one attached hydrogen (secondary N) is 1. The van der Waals surface area contributed by atoms with Crippen LogP contribution >= 0.6 is 11.3 Å². The fourth-order valence-electron chi connectivity index (χ4n) is 3.19. The second kappa shape index (κ2) is 5.23. The maximum atomic E-state index is 3.55. The van der Waals surface area contributed by atoms with E-state index >= 15 is 0 Å². The number of nitrogens with zero attached hydrogens (tertiary/aromatic N) is 1. The van der Waals surface area contributed by atoms with E-state index in [-0.39, 0.29) is 0 Å². The van der Waals surface area contributed by atoms with Crippen LogP contribution in [0, 0.1) is 0 Å². The summed E-state index contributed by atoms with van der Waals surface area (Å²) in [6.07, 6.45) is 2.76. The van der Waals surface area contributed by atoms with Crippen molar-refractivity contribution in [2.75, 3.05) is 18.4 Å². The van der Waals surface area contributed by atoms with Crippen LogP contribution in [0.25, 0.3) is 0 Å². The molecule has 2 heterocycles. The number of para-hydroxylation sites is 1. The highest BCUT2D eigenvalue weighted by atomic mass is 32.1. The van der Waals surface area contributed by atoms with Gasteiger partial charge in [-0.05, 0) is 35.9 Å². The van der Waals surface area contributed by atoms with E-state index in [1.54, 1.807) is 0 Å². The molecule has 2 aromatic rings. The van der Waals surface area contributed by atoms with Crippen LogP contribution in [0.4, 0.5) is 5.69 Å². The fourth-order valence-corrected chi connectivity index (χ4v) is 3.92. The molecule has 0 bridgehead atoms. The van der Waals surface area contributed by atoms with Crippen LogP contribution in [0.5, 0.6) is 0 Å². The van der Waals surface area contributed by atoms with Gasteiger partial charge in [0.1, 0.15) is 0 Å². The summed E-state index contributed by atoms with van der Waals surface area (Å²) in [7, 11) is 0. The van der Waals surface area contributed by atoms with Crippen molar-refractivity contribution < 1.29 is 0 Å². The first-order chi connectivity index (χ1) is 9.90. The molecule has 1 aliphatic heterocycles. The molecule has 2 nitrogen and oxygen atoms in total. The summed E-state index contributed by atoms with van der Waals surface area (Å²) in [5.41, 5.74) is 2.84. The topological polar surface area (TPSA) is 15.3 Å². The van der Waals surface area contributed by atoms with Gasteiger partial charge in [-0.1, -0.05) is 24.3 Å². The van der Waals surface area contributed by atoms with Crippen molar-refractivity contribution in [1.82, 2.24) is 4.90 Å².